The lowest BCUT2D eigenvalue weighted by atomic mass is 10.0. The molecule has 0 spiro atoms. The van der Waals surface area contributed by atoms with Crippen molar-refractivity contribution in [1.29, 1.82) is 0 Å². The molecular formula is C109H118N6O12S2. The van der Waals surface area contributed by atoms with Gasteiger partial charge >= 0.3 is 17.9 Å². The van der Waals surface area contributed by atoms with Crippen LogP contribution < -0.4 is 45.6 Å². The van der Waals surface area contributed by atoms with Gasteiger partial charge < -0.3 is 60.9 Å². The van der Waals surface area contributed by atoms with Crippen molar-refractivity contribution in [1.82, 2.24) is 14.7 Å². The summed E-state index contributed by atoms with van der Waals surface area (Å²) in [6.07, 6.45) is 4.18. The van der Waals surface area contributed by atoms with Crippen molar-refractivity contribution in [3.8, 4) is 34.5 Å². The van der Waals surface area contributed by atoms with Crippen LogP contribution in [0.2, 0.25) is 0 Å². The first-order chi connectivity index (χ1) is 62.6. The molecule has 0 amide bonds. The number of carbonyl (C=O) groups is 3. The third-order valence-electron chi connectivity index (χ3n) is 23.0. The molecule has 0 saturated carbocycles. The van der Waals surface area contributed by atoms with Gasteiger partial charge in [-0.05, 0) is 177 Å². The fourth-order valence-electron chi connectivity index (χ4n) is 16.2. The average molecular weight is 1770 g/mol. The third kappa shape index (κ3) is 28.0. The van der Waals surface area contributed by atoms with Gasteiger partial charge in [-0.2, -0.15) is 0 Å². The number of aliphatic carboxylic acids is 3. The van der Waals surface area contributed by atoms with E-state index in [-0.39, 0.29) is 0 Å². The van der Waals surface area contributed by atoms with E-state index in [1.807, 2.05) is 84.9 Å². The third-order valence-corrected chi connectivity index (χ3v) is 24.8. The van der Waals surface area contributed by atoms with Gasteiger partial charge in [0, 0.05) is 102 Å². The zero-order chi connectivity index (χ0) is 90.5. The molecule has 668 valence electrons. The van der Waals surface area contributed by atoms with Crippen LogP contribution >= 0.6 is 22.7 Å². The fourth-order valence-corrected chi connectivity index (χ4v) is 17.9. The Morgan fingerprint density at radius 3 is 1.05 bits per heavy atom. The Morgan fingerprint density at radius 1 is 0.333 bits per heavy atom. The number of carboxylic acid groups (broad SMARTS) is 3. The van der Waals surface area contributed by atoms with Crippen molar-refractivity contribution in [3.05, 3.63) is 389 Å². The zero-order valence-electron chi connectivity index (χ0n) is 74.5. The van der Waals surface area contributed by atoms with Crippen LogP contribution in [0.5, 0.6) is 34.5 Å². The van der Waals surface area contributed by atoms with Crippen LogP contribution in [0.4, 0.5) is 0 Å². The molecule has 0 radical (unpaired) electrons. The van der Waals surface area contributed by atoms with Crippen molar-refractivity contribution < 1.29 is 58.1 Å². The summed E-state index contributed by atoms with van der Waals surface area (Å²) in [6, 6.07) is 88.5. The van der Waals surface area contributed by atoms with E-state index in [9.17, 15) is 29.7 Å². The monoisotopic (exact) mass is 1770 g/mol. The van der Waals surface area contributed by atoms with Crippen LogP contribution in [-0.4, -0.2) is 85.7 Å². The van der Waals surface area contributed by atoms with Gasteiger partial charge in [-0.25, -0.2) is 0 Å². The molecule has 0 fully saturated rings. The first-order valence-corrected chi connectivity index (χ1v) is 45.9. The van der Waals surface area contributed by atoms with E-state index in [0.717, 1.165) is 141 Å². The topological polar surface area (TPSA) is 255 Å². The number of rotatable bonds is 42. The lowest BCUT2D eigenvalue weighted by Gasteiger charge is -2.26. The molecule has 129 heavy (non-hydrogen) atoms. The van der Waals surface area contributed by atoms with Gasteiger partial charge in [-0.1, -0.05) is 264 Å². The lowest BCUT2D eigenvalue weighted by Crippen LogP contribution is -2.35. The molecule has 1 aliphatic rings. The highest BCUT2D eigenvalue weighted by Crippen LogP contribution is 2.40. The summed E-state index contributed by atoms with van der Waals surface area (Å²) in [7, 11) is 0. The van der Waals surface area contributed by atoms with E-state index < -0.39 is 36.0 Å². The van der Waals surface area contributed by atoms with E-state index in [1.165, 1.54) is 44.5 Å². The van der Waals surface area contributed by atoms with Crippen molar-refractivity contribution in [2.24, 2.45) is 17.2 Å². The Kier molecular flexibility index (Phi) is 34.3. The molecule has 0 aliphatic heterocycles. The van der Waals surface area contributed by atoms with Gasteiger partial charge in [0.2, 0.25) is 0 Å². The molecule has 12 aromatic carbocycles. The second kappa shape index (κ2) is 47.0. The number of carboxylic acids is 3. The summed E-state index contributed by atoms with van der Waals surface area (Å²) in [5.74, 6) is 2.15. The first-order valence-electron chi connectivity index (χ1n) is 44.1. The van der Waals surface area contributed by atoms with Crippen LogP contribution in [0.25, 0.3) is 20.2 Å². The predicted molar refractivity (Wildman–Crippen MR) is 518 cm³/mol. The average Bonchev–Trinajstić information content (AvgIpc) is 1.56. The van der Waals surface area contributed by atoms with Crippen LogP contribution in [0.15, 0.2) is 278 Å². The van der Waals surface area contributed by atoms with Crippen LogP contribution in [0.3, 0.4) is 0 Å². The summed E-state index contributed by atoms with van der Waals surface area (Å²) in [6.45, 7) is 20.3. The normalized spacial score (nSPS) is 12.4. The number of thiophene rings is 2. The number of ether oxygens (including phenoxy) is 6. The minimum absolute atomic E-state index is 0.321. The smallest absolute Gasteiger partial charge is 0.320 e. The molecule has 0 saturated heterocycles. The zero-order valence-corrected chi connectivity index (χ0v) is 76.2. The highest BCUT2D eigenvalue weighted by molar-refractivity contribution is 7.17. The highest BCUT2D eigenvalue weighted by Gasteiger charge is 2.26. The van der Waals surface area contributed by atoms with Crippen molar-refractivity contribution in [2.45, 2.75) is 177 Å². The SMILES string of the molecule is Cc1cccc(COc2ccccc2CN(CC[C@H](N)C(=O)O)Cc2ccc3c(c2OCc2cccc(C)c2)CCC3)c1.Cc1cccc(COc2ccccc2CN(CC[C@H](N)C(=O)O)Cc2ccc3ccsc3c2OCc2cccc(C)c2)c1.Cc1cccc(COc2ccccc2CN(CC[C@H](N)C(=O)O)Cc2ccc3sccc3c2OCc2cccc(C)c2)c1. The van der Waals surface area contributed by atoms with Gasteiger partial charge in [-0.3, -0.25) is 29.1 Å². The largest absolute Gasteiger partial charge is 0.489 e. The lowest BCUT2D eigenvalue weighted by molar-refractivity contribution is -0.139. The summed E-state index contributed by atoms with van der Waals surface area (Å²) >= 11 is 3.35. The molecule has 18 nitrogen and oxygen atoms in total. The van der Waals surface area contributed by atoms with Gasteiger partial charge in [0.1, 0.15) is 92.3 Å². The standard InChI is InChI=1S/C37H42N2O4.2C36H38N2O4S/c1-26-8-5-10-28(20-26)24-42-35-15-4-3-12-31(35)22-39(19-18-34(38)37(40)41)23-32-17-16-30-13-7-14-33(30)36(32)43-25-29-11-6-9-27(2)21-29;1-25-7-5-9-27(19-25)23-41-33-12-4-3-11-30(33)21-38(17-15-32(37)36(39)40)22-31-14-13-29-16-18-43-35(29)34(31)42-24-28-10-6-8-26(2)20-28;1-25-7-5-9-27(19-25)23-41-33-12-4-3-11-29(33)21-38(17-15-32(37)36(39)40)22-30-13-14-34-31(16-18-43-34)35(30)42-24-28-10-6-8-26(2)20-28/h3-6,8-12,15-17,20-21,34H,7,13-14,18-19,22-25,38H2,1-2H3,(H,40,41);2*3-14,16,18-20,32H,15,17,21-24,37H2,1-2H3,(H,39,40)/t34-;2*32-/m000/s1. The van der Waals surface area contributed by atoms with E-state index in [4.69, 9.17) is 45.6 Å². The molecule has 3 atom stereocenters. The Labute approximate surface area is 766 Å². The van der Waals surface area contributed by atoms with Gasteiger partial charge in [-0.15, -0.1) is 22.7 Å². The van der Waals surface area contributed by atoms with Crippen LogP contribution in [0, 0.1) is 41.5 Å². The number of benzene rings is 12. The molecule has 9 N–H and O–H groups in total. The summed E-state index contributed by atoms with van der Waals surface area (Å²) < 4.78 is 40.8. The molecule has 15 rings (SSSR count). The number of para-hydroxylation sites is 3. The molecule has 1 aliphatic carbocycles. The maximum absolute atomic E-state index is 11.6. The highest BCUT2D eigenvalue weighted by atomic mass is 32.1. The second-order valence-electron chi connectivity index (χ2n) is 33.6. The van der Waals surface area contributed by atoms with E-state index >= 15 is 0 Å². The van der Waals surface area contributed by atoms with Gasteiger partial charge in [0.15, 0.2) is 0 Å². The summed E-state index contributed by atoms with van der Waals surface area (Å²) in [5.41, 5.74) is 40.7. The van der Waals surface area contributed by atoms with Crippen molar-refractivity contribution >= 4 is 60.8 Å². The van der Waals surface area contributed by atoms with Crippen molar-refractivity contribution in [3.63, 3.8) is 0 Å². The molecule has 0 bridgehead atoms. The minimum Gasteiger partial charge on any atom is -0.489 e. The Morgan fingerprint density at radius 2 is 0.659 bits per heavy atom. The van der Waals surface area contributed by atoms with E-state index in [0.29, 0.717) is 118 Å². The number of aryl methyl sites for hydroxylation is 7. The number of nitrogens with two attached hydrogens (primary N) is 3. The summed E-state index contributed by atoms with van der Waals surface area (Å²) in [5, 5.41) is 34.8. The maximum Gasteiger partial charge on any atom is 0.320 e. The molecule has 2 aromatic heterocycles. The molecule has 2 heterocycles. The van der Waals surface area contributed by atoms with E-state index in [1.54, 1.807) is 22.7 Å². The maximum atomic E-state index is 11.6. The quantitative estimate of drug-likeness (QED) is 0.0208. The number of hydrogen-bond donors (Lipinski definition) is 6. The number of hydrogen-bond acceptors (Lipinski definition) is 17. The van der Waals surface area contributed by atoms with Gasteiger partial charge in [0.25, 0.3) is 0 Å². The molecule has 20 heteroatoms. The van der Waals surface area contributed by atoms with Crippen LogP contribution in [0.1, 0.15) is 137 Å². The molecular weight excluding hydrogens is 1650 g/mol. The van der Waals surface area contributed by atoms with Gasteiger partial charge in [0.05, 0.1) is 4.70 Å². The molecule has 14 aromatic rings. The van der Waals surface area contributed by atoms with E-state index in [2.05, 4.69) is 249 Å². The molecule has 0 unspecified atom stereocenters. The van der Waals surface area contributed by atoms with Crippen molar-refractivity contribution in [2.75, 3.05) is 19.6 Å². The number of nitrogens with zero attached hydrogens (tertiary/aromatic N) is 3. The second-order valence-corrected chi connectivity index (χ2v) is 35.5. The summed E-state index contributed by atoms with van der Waals surface area (Å²) in [4.78, 5) is 41.4. The Balaban J connectivity index is 0.000000165. The predicted octanol–water partition coefficient (Wildman–Crippen LogP) is 21.7. The van der Waals surface area contributed by atoms with Crippen LogP contribution in [-0.2, 0) is 106 Å². The fraction of sp³-hybridized carbons (Fsp3) is 0.275. The number of fused-ring (bicyclic) bond motifs is 3. The Bertz CT molecular complexity index is 5820. The first kappa shape index (κ1) is 94.1. The Hall–Kier alpha value is -12.5. The minimum atomic E-state index is -0.997.